The lowest BCUT2D eigenvalue weighted by atomic mass is 10.2. The SMILES string of the molecule is FC(F)COc1ccc(Br)cc1CBr. The average Bonchev–Trinajstić information content (AvgIpc) is 2.15. The van der Waals surface area contributed by atoms with Crippen LogP contribution in [0.3, 0.4) is 0 Å². The molecule has 0 aliphatic heterocycles. The predicted molar refractivity (Wildman–Crippen MR) is 58.3 cm³/mol. The van der Waals surface area contributed by atoms with Crippen molar-refractivity contribution in [2.45, 2.75) is 11.8 Å². The summed E-state index contributed by atoms with van der Waals surface area (Å²) < 4.78 is 29.6. The van der Waals surface area contributed by atoms with Crippen LogP contribution in [0.1, 0.15) is 5.56 Å². The molecule has 78 valence electrons. The highest BCUT2D eigenvalue weighted by Gasteiger charge is 2.07. The fourth-order valence-electron chi connectivity index (χ4n) is 0.946. The average molecular weight is 330 g/mol. The minimum Gasteiger partial charge on any atom is -0.487 e. The van der Waals surface area contributed by atoms with Crippen molar-refractivity contribution in [1.82, 2.24) is 0 Å². The van der Waals surface area contributed by atoms with Crippen molar-refractivity contribution in [1.29, 1.82) is 0 Å². The van der Waals surface area contributed by atoms with Crippen LogP contribution in [0.25, 0.3) is 0 Å². The quantitative estimate of drug-likeness (QED) is 0.759. The van der Waals surface area contributed by atoms with Crippen molar-refractivity contribution >= 4 is 31.9 Å². The van der Waals surface area contributed by atoms with Gasteiger partial charge in [0.1, 0.15) is 12.4 Å². The Labute approximate surface area is 97.7 Å². The van der Waals surface area contributed by atoms with Crippen LogP contribution in [0.2, 0.25) is 0 Å². The molecule has 1 aromatic rings. The Morgan fingerprint density at radius 3 is 2.64 bits per heavy atom. The first kappa shape index (κ1) is 11.9. The van der Waals surface area contributed by atoms with Crippen LogP contribution in [-0.4, -0.2) is 13.0 Å². The first-order chi connectivity index (χ1) is 6.63. The van der Waals surface area contributed by atoms with Crippen molar-refractivity contribution < 1.29 is 13.5 Å². The topological polar surface area (TPSA) is 9.23 Å². The van der Waals surface area contributed by atoms with Crippen molar-refractivity contribution in [2.24, 2.45) is 0 Å². The maximum atomic E-state index is 11.9. The molecule has 0 bridgehead atoms. The first-order valence-corrected chi connectivity index (χ1v) is 5.80. The highest BCUT2D eigenvalue weighted by atomic mass is 79.9. The van der Waals surface area contributed by atoms with E-state index in [0.717, 1.165) is 10.0 Å². The molecule has 0 aliphatic rings. The van der Waals surface area contributed by atoms with Gasteiger partial charge in [0.05, 0.1) is 0 Å². The summed E-state index contributed by atoms with van der Waals surface area (Å²) in [4.78, 5) is 0. The second kappa shape index (κ2) is 5.66. The van der Waals surface area contributed by atoms with Crippen LogP contribution in [0.5, 0.6) is 5.75 Å². The summed E-state index contributed by atoms with van der Waals surface area (Å²) in [6.07, 6.45) is -2.44. The minimum absolute atomic E-state index is 0.491. The van der Waals surface area contributed by atoms with Gasteiger partial charge in [-0.15, -0.1) is 0 Å². The Balaban J connectivity index is 2.75. The summed E-state index contributed by atoms with van der Waals surface area (Å²) >= 11 is 6.55. The first-order valence-electron chi connectivity index (χ1n) is 3.89. The van der Waals surface area contributed by atoms with Gasteiger partial charge in [-0.25, -0.2) is 8.78 Å². The predicted octanol–water partition coefficient (Wildman–Crippen LogP) is 3.99. The standard InChI is InChI=1S/C9H8Br2F2O/c10-4-6-3-7(11)1-2-8(6)14-5-9(12)13/h1-3,9H,4-5H2. The van der Waals surface area contributed by atoms with E-state index in [1.165, 1.54) is 0 Å². The van der Waals surface area contributed by atoms with E-state index in [2.05, 4.69) is 31.9 Å². The smallest absolute Gasteiger partial charge is 0.272 e. The Kier molecular flexibility index (Phi) is 4.81. The zero-order valence-corrected chi connectivity index (χ0v) is 10.3. The Bertz CT molecular complexity index is 305. The van der Waals surface area contributed by atoms with Crippen LogP contribution in [0.15, 0.2) is 22.7 Å². The van der Waals surface area contributed by atoms with E-state index < -0.39 is 13.0 Å². The highest BCUT2D eigenvalue weighted by Crippen LogP contribution is 2.25. The van der Waals surface area contributed by atoms with Gasteiger partial charge in [0.25, 0.3) is 6.43 Å². The molecule has 0 heterocycles. The molecule has 1 rings (SSSR count). The van der Waals surface area contributed by atoms with Gasteiger partial charge in [-0.05, 0) is 18.2 Å². The second-order valence-corrected chi connectivity index (χ2v) is 4.06. The van der Waals surface area contributed by atoms with Gasteiger partial charge in [0, 0.05) is 15.4 Å². The Morgan fingerprint density at radius 2 is 2.07 bits per heavy atom. The minimum atomic E-state index is -2.44. The molecule has 0 saturated heterocycles. The molecule has 0 spiro atoms. The van der Waals surface area contributed by atoms with Gasteiger partial charge in [-0.1, -0.05) is 31.9 Å². The normalized spacial score (nSPS) is 10.6. The van der Waals surface area contributed by atoms with Crippen molar-refractivity contribution in [3.63, 3.8) is 0 Å². The summed E-state index contributed by atoms with van der Waals surface area (Å²) in [6, 6.07) is 5.26. The Hall–Kier alpha value is -0.160. The molecular weight excluding hydrogens is 322 g/mol. The molecule has 1 nitrogen and oxygen atoms in total. The number of halogens is 4. The van der Waals surface area contributed by atoms with E-state index in [-0.39, 0.29) is 0 Å². The molecule has 0 aromatic heterocycles. The summed E-state index contributed by atoms with van der Waals surface area (Å²) in [5.74, 6) is 0.491. The third kappa shape index (κ3) is 3.53. The van der Waals surface area contributed by atoms with Crippen molar-refractivity contribution in [3.05, 3.63) is 28.2 Å². The van der Waals surface area contributed by atoms with Gasteiger partial charge in [-0.2, -0.15) is 0 Å². The molecule has 0 N–H and O–H groups in total. The van der Waals surface area contributed by atoms with Crippen LogP contribution < -0.4 is 4.74 Å². The third-order valence-electron chi connectivity index (χ3n) is 1.53. The summed E-state index contributed by atoms with van der Waals surface area (Å²) in [5, 5.41) is 0.574. The van der Waals surface area contributed by atoms with Gasteiger partial charge >= 0.3 is 0 Å². The molecule has 5 heteroatoms. The van der Waals surface area contributed by atoms with Crippen LogP contribution in [0.4, 0.5) is 8.78 Å². The summed E-state index contributed by atoms with van der Waals surface area (Å²) in [6.45, 7) is -0.568. The molecule has 14 heavy (non-hydrogen) atoms. The van der Waals surface area contributed by atoms with Gasteiger partial charge in [0.15, 0.2) is 0 Å². The fraction of sp³-hybridized carbons (Fsp3) is 0.333. The van der Waals surface area contributed by atoms with Gasteiger partial charge in [-0.3, -0.25) is 0 Å². The molecule has 0 fully saturated rings. The molecule has 0 amide bonds. The molecule has 0 saturated carbocycles. The van der Waals surface area contributed by atoms with E-state index >= 15 is 0 Å². The molecular formula is C9H8Br2F2O. The zero-order valence-electron chi connectivity index (χ0n) is 7.14. The number of hydrogen-bond acceptors (Lipinski definition) is 1. The van der Waals surface area contributed by atoms with E-state index in [1.807, 2.05) is 6.07 Å². The van der Waals surface area contributed by atoms with Crippen molar-refractivity contribution in [2.75, 3.05) is 6.61 Å². The van der Waals surface area contributed by atoms with Crippen LogP contribution in [0, 0.1) is 0 Å². The molecule has 0 radical (unpaired) electrons. The van der Waals surface area contributed by atoms with E-state index in [0.29, 0.717) is 11.1 Å². The lowest BCUT2D eigenvalue weighted by Crippen LogP contribution is -2.08. The summed E-state index contributed by atoms with van der Waals surface area (Å²) in [5.41, 5.74) is 0.847. The maximum absolute atomic E-state index is 11.9. The number of hydrogen-bond donors (Lipinski definition) is 0. The van der Waals surface area contributed by atoms with Gasteiger partial charge in [0.2, 0.25) is 0 Å². The van der Waals surface area contributed by atoms with Gasteiger partial charge < -0.3 is 4.74 Å². The van der Waals surface area contributed by atoms with Crippen LogP contribution in [-0.2, 0) is 5.33 Å². The largest absolute Gasteiger partial charge is 0.487 e. The second-order valence-electron chi connectivity index (χ2n) is 2.59. The number of alkyl halides is 3. The van der Waals surface area contributed by atoms with Crippen molar-refractivity contribution in [3.8, 4) is 5.75 Å². The third-order valence-corrected chi connectivity index (χ3v) is 2.63. The number of benzene rings is 1. The molecule has 1 aromatic carbocycles. The highest BCUT2D eigenvalue weighted by molar-refractivity contribution is 9.10. The zero-order chi connectivity index (χ0) is 10.6. The molecule has 0 unspecified atom stereocenters. The number of rotatable bonds is 4. The van der Waals surface area contributed by atoms with E-state index in [4.69, 9.17) is 4.74 Å². The van der Waals surface area contributed by atoms with Crippen LogP contribution >= 0.6 is 31.9 Å². The number of ether oxygens (including phenoxy) is 1. The fourth-order valence-corrected chi connectivity index (χ4v) is 1.79. The lowest BCUT2D eigenvalue weighted by Gasteiger charge is -2.09. The molecule has 0 atom stereocenters. The summed E-state index contributed by atoms with van der Waals surface area (Å²) in [7, 11) is 0. The van der Waals surface area contributed by atoms with E-state index in [9.17, 15) is 8.78 Å². The maximum Gasteiger partial charge on any atom is 0.272 e. The van der Waals surface area contributed by atoms with E-state index in [1.54, 1.807) is 12.1 Å². The monoisotopic (exact) mass is 328 g/mol. The molecule has 0 aliphatic carbocycles. The Morgan fingerprint density at radius 1 is 1.36 bits per heavy atom. The lowest BCUT2D eigenvalue weighted by molar-refractivity contribution is 0.0815.